The smallest absolute Gasteiger partial charge is 0.414 e. The molecule has 0 radical (unpaired) electrons. The SMILES string of the molecule is CC(C)(C)OC(=O)N1CCc2c(C(=O)N3CCCCC3)nn(-c3ccc(Cl)cc3Cl)c2/C1=C/c1ccc(F)cc1.COC(=O)N1CCc2c(n[nH]c2C(=O)NC(C)c2ccccn2)/C1=C/c1ccc(F)cc1.Clc1cccc(Cl)c1. The Bertz CT molecular complexity index is 3420. The third-order valence-corrected chi connectivity index (χ3v) is 13.9. The zero-order valence-corrected chi connectivity index (χ0v) is 47.4. The molecule has 4 amide bonds. The van der Waals surface area contributed by atoms with Crippen molar-refractivity contribution in [2.24, 2.45) is 0 Å². The Labute approximate surface area is 482 Å². The van der Waals surface area contributed by atoms with Crippen LogP contribution in [0.2, 0.25) is 20.1 Å². The fourth-order valence-electron chi connectivity index (χ4n) is 9.12. The number of piperidine rings is 1. The van der Waals surface area contributed by atoms with Crippen LogP contribution in [-0.4, -0.2) is 103 Å². The first kappa shape index (κ1) is 58.6. The lowest BCUT2D eigenvalue weighted by atomic mass is 9.98. The molecular weight excluding hydrogens is 1110 g/mol. The van der Waals surface area contributed by atoms with Gasteiger partial charge in [0, 0.05) is 58.6 Å². The largest absolute Gasteiger partial charge is 0.452 e. The minimum absolute atomic E-state index is 0.147. The fourth-order valence-corrected chi connectivity index (χ4v) is 10.0. The van der Waals surface area contributed by atoms with Crippen molar-refractivity contribution in [1.82, 2.24) is 45.0 Å². The molecule has 3 aliphatic heterocycles. The number of amides is 4. The number of rotatable bonds is 7. The van der Waals surface area contributed by atoms with Crippen LogP contribution in [0.5, 0.6) is 0 Å². The number of likely N-dealkylation sites (tertiary alicyclic amines) is 1. The lowest BCUT2D eigenvalue weighted by Crippen LogP contribution is -2.40. The number of hydrogen-bond acceptors (Lipinski definition) is 9. The molecule has 1 fully saturated rings. The molecule has 0 saturated carbocycles. The Kier molecular flexibility index (Phi) is 19.1. The van der Waals surface area contributed by atoms with E-state index in [9.17, 15) is 28.0 Å². The van der Waals surface area contributed by atoms with Crippen molar-refractivity contribution in [2.45, 2.75) is 71.4 Å². The Morgan fingerprint density at radius 1 is 0.713 bits per heavy atom. The third kappa shape index (κ3) is 14.4. The highest BCUT2D eigenvalue weighted by Crippen LogP contribution is 2.38. The van der Waals surface area contributed by atoms with Crippen LogP contribution in [0.1, 0.15) is 113 Å². The van der Waals surface area contributed by atoms with E-state index in [1.54, 1.807) is 104 Å². The molecule has 1 atom stereocenters. The number of benzene rings is 4. The van der Waals surface area contributed by atoms with Crippen molar-refractivity contribution in [2.75, 3.05) is 33.3 Å². The highest BCUT2D eigenvalue weighted by atomic mass is 35.5. The van der Waals surface area contributed by atoms with E-state index >= 15 is 0 Å². The number of carbonyl (C=O) groups excluding carboxylic acids is 4. The van der Waals surface area contributed by atoms with Crippen LogP contribution < -0.4 is 5.32 Å². The highest BCUT2D eigenvalue weighted by molar-refractivity contribution is 6.36. The number of carbonyl (C=O) groups is 4. The monoisotopic (exact) mass is 1170 g/mol. The summed E-state index contributed by atoms with van der Waals surface area (Å²) in [6.07, 6.45) is 7.87. The molecule has 0 spiro atoms. The number of aromatic nitrogens is 5. The van der Waals surface area contributed by atoms with Crippen LogP contribution in [-0.2, 0) is 22.3 Å². The average molecular weight is 1170 g/mol. The number of methoxy groups -OCH3 is 1. The fraction of sp³-hybridized carbons (Fsp3) is 0.271. The normalized spacial score (nSPS) is 15.4. The molecule has 80 heavy (non-hydrogen) atoms. The van der Waals surface area contributed by atoms with Gasteiger partial charge in [0.15, 0.2) is 5.69 Å². The average Bonchev–Trinajstić information content (AvgIpc) is 4.09. The predicted molar refractivity (Wildman–Crippen MR) is 307 cm³/mol. The Morgan fingerprint density at radius 2 is 1.31 bits per heavy atom. The van der Waals surface area contributed by atoms with E-state index < -0.39 is 17.8 Å². The van der Waals surface area contributed by atoms with Crippen molar-refractivity contribution in [1.29, 1.82) is 0 Å². The molecule has 3 aliphatic rings. The summed E-state index contributed by atoms with van der Waals surface area (Å²) in [5, 5.41) is 17.0. The minimum Gasteiger partial charge on any atom is -0.452 e. The standard InChI is InChI=1S/C30H31Cl2FN4O3.C23H22FN5O3.C6H4Cl2/c1-30(2,3)40-29(39)36-16-13-22-26(28(38)35-14-5-4-6-15-35)34-37(24-12-9-20(31)18-23(24)32)27(22)25(36)17-19-7-10-21(33)11-8-19;1-14(18-5-3-4-11-25-18)26-22(30)21-17-10-12-29(23(31)32-2)19(20(17)27-28-21)13-15-6-8-16(24)9-7-15;7-5-2-1-3-6(8)4-5/h7-12,17-18H,4-6,13-16H2,1-3H3;3-9,11,13-14H,10,12H2,1-2H3,(H,26,30)(H,27,28);1-4H/b25-17-;19-13-;. The molecule has 3 aromatic heterocycles. The van der Waals surface area contributed by atoms with Gasteiger partial charge in [0.2, 0.25) is 0 Å². The van der Waals surface area contributed by atoms with Gasteiger partial charge in [-0.15, -0.1) is 0 Å². The molecule has 15 nitrogen and oxygen atoms in total. The van der Waals surface area contributed by atoms with Crippen molar-refractivity contribution < 1.29 is 37.4 Å². The summed E-state index contributed by atoms with van der Waals surface area (Å²) < 4.78 is 39.3. The van der Waals surface area contributed by atoms with Crippen LogP contribution in [0.3, 0.4) is 0 Å². The second-order valence-corrected chi connectivity index (χ2v) is 21.5. The molecule has 0 bridgehead atoms. The second-order valence-electron chi connectivity index (χ2n) is 19.8. The molecule has 0 aliphatic carbocycles. The first-order valence-corrected chi connectivity index (χ1v) is 27.2. The van der Waals surface area contributed by atoms with Gasteiger partial charge in [-0.3, -0.25) is 29.5 Å². The molecule has 6 heterocycles. The predicted octanol–water partition coefficient (Wildman–Crippen LogP) is 13.8. The molecule has 21 heteroatoms. The third-order valence-electron chi connectivity index (χ3n) is 12.9. The number of pyridine rings is 1. The van der Waals surface area contributed by atoms with Gasteiger partial charge in [0.1, 0.15) is 28.6 Å². The zero-order valence-electron chi connectivity index (χ0n) is 44.4. The van der Waals surface area contributed by atoms with Crippen molar-refractivity contribution >= 4 is 94.0 Å². The van der Waals surface area contributed by atoms with Gasteiger partial charge in [0.25, 0.3) is 11.8 Å². The number of H-pyrrole nitrogens is 1. The van der Waals surface area contributed by atoms with Crippen LogP contribution in [0.15, 0.2) is 115 Å². The molecule has 1 unspecified atom stereocenters. The second kappa shape index (κ2) is 26.1. The number of nitrogens with one attached hydrogen (secondary N) is 2. The lowest BCUT2D eigenvalue weighted by molar-refractivity contribution is 0.0350. The topological polar surface area (TPSA) is 168 Å². The van der Waals surface area contributed by atoms with Crippen LogP contribution >= 0.6 is 46.4 Å². The molecule has 2 N–H and O–H groups in total. The van der Waals surface area contributed by atoms with Crippen LogP contribution in [0.4, 0.5) is 18.4 Å². The van der Waals surface area contributed by atoms with Crippen molar-refractivity contribution in [3.63, 3.8) is 0 Å². The number of fused-ring (bicyclic) bond motifs is 2. The minimum atomic E-state index is -0.729. The first-order chi connectivity index (χ1) is 38.3. The number of hydrogen-bond donors (Lipinski definition) is 2. The number of nitrogens with zero attached hydrogens (tertiary/aromatic N) is 7. The number of aromatic amines is 1. The van der Waals surface area contributed by atoms with E-state index in [0.717, 1.165) is 30.5 Å². The molecule has 4 aromatic carbocycles. The summed E-state index contributed by atoms with van der Waals surface area (Å²) in [5.74, 6) is -1.19. The summed E-state index contributed by atoms with van der Waals surface area (Å²) >= 11 is 24.0. The highest BCUT2D eigenvalue weighted by Gasteiger charge is 2.38. The van der Waals surface area contributed by atoms with Gasteiger partial charge in [-0.2, -0.15) is 10.2 Å². The maximum Gasteiger partial charge on any atom is 0.414 e. The van der Waals surface area contributed by atoms with E-state index in [2.05, 4.69) is 20.5 Å². The van der Waals surface area contributed by atoms with Gasteiger partial charge >= 0.3 is 12.2 Å². The summed E-state index contributed by atoms with van der Waals surface area (Å²) in [4.78, 5) is 61.7. The molecule has 7 aromatic rings. The Morgan fingerprint density at radius 3 is 1.88 bits per heavy atom. The van der Waals surface area contributed by atoms with Crippen LogP contribution in [0.25, 0.3) is 29.2 Å². The van der Waals surface area contributed by atoms with Gasteiger partial charge in [-0.1, -0.05) is 82.8 Å². The Hall–Kier alpha value is -7.57. The van der Waals surface area contributed by atoms with E-state index in [1.165, 1.54) is 41.2 Å². The van der Waals surface area contributed by atoms with Gasteiger partial charge in [-0.25, -0.2) is 23.1 Å². The quantitative estimate of drug-likeness (QED) is 0.158. The van der Waals surface area contributed by atoms with Crippen LogP contribution in [0, 0.1) is 11.6 Å². The lowest BCUT2D eigenvalue weighted by Gasteiger charge is -2.33. The molecular formula is C59H57Cl4F2N9O6. The van der Waals surface area contributed by atoms with E-state index in [4.69, 9.17) is 61.0 Å². The molecule has 416 valence electrons. The summed E-state index contributed by atoms with van der Waals surface area (Å²) in [7, 11) is 1.30. The summed E-state index contributed by atoms with van der Waals surface area (Å²) in [5.41, 5.74) is 5.90. The maximum atomic E-state index is 13.8. The van der Waals surface area contributed by atoms with Crippen molar-refractivity contribution in [3.05, 3.63) is 198 Å². The summed E-state index contributed by atoms with van der Waals surface area (Å²) in [6, 6.07) is 29.1. The van der Waals surface area contributed by atoms with Gasteiger partial charge < -0.3 is 19.7 Å². The molecule has 1 saturated heterocycles. The van der Waals surface area contributed by atoms with E-state index in [1.807, 2.05) is 36.1 Å². The van der Waals surface area contributed by atoms with Crippen molar-refractivity contribution in [3.8, 4) is 5.69 Å². The first-order valence-electron chi connectivity index (χ1n) is 25.7. The Balaban J connectivity index is 0.000000188. The van der Waals surface area contributed by atoms with Gasteiger partial charge in [0.05, 0.1) is 46.6 Å². The van der Waals surface area contributed by atoms with Gasteiger partial charge in [-0.05, 0) is 156 Å². The zero-order chi connectivity index (χ0) is 57.3. The summed E-state index contributed by atoms with van der Waals surface area (Å²) in [6.45, 7) is 9.18. The maximum absolute atomic E-state index is 13.8. The number of ether oxygens (including phenoxy) is 2. The van der Waals surface area contributed by atoms with E-state index in [0.29, 0.717) is 109 Å². The molecule has 10 rings (SSSR count). The number of halogens is 6. The van der Waals surface area contributed by atoms with E-state index in [-0.39, 0.29) is 36.0 Å².